The van der Waals surface area contributed by atoms with E-state index >= 15 is 0 Å². The molecule has 0 amide bonds. The second-order valence-electron chi connectivity index (χ2n) is 19.5. The highest BCUT2D eigenvalue weighted by atomic mass is 16.3. The molecule has 0 unspecified atom stereocenters. The second-order valence-corrected chi connectivity index (χ2v) is 19.5. The fourth-order valence-corrected chi connectivity index (χ4v) is 10.1. The number of hydrogen-bond donors (Lipinski definition) is 3. The quantitative estimate of drug-likeness (QED) is 0.203. The first-order valence-electron chi connectivity index (χ1n) is 20.5. The van der Waals surface area contributed by atoms with Gasteiger partial charge in [-0.3, -0.25) is 14.7 Å². The summed E-state index contributed by atoms with van der Waals surface area (Å²) in [6.45, 7) is 43.7. The minimum atomic E-state index is -0.164. The van der Waals surface area contributed by atoms with Crippen molar-refractivity contribution in [3.63, 3.8) is 0 Å². The molecule has 54 heavy (non-hydrogen) atoms. The highest BCUT2D eigenvalue weighted by molar-refractivity contribution is 5.59. The van der Waals surface area contributed by atoms with Gasteiger partial charge < -0.3 is 15.3 Å². The molecular weight excluding hydrogens is 667 g/mol. The van der Waals surface area contributed by atoms with Gasteiger partial charge in [-0.1, -0.05) is 83.1 Å². The van der Waals surface area contributed by atoms with Crippen molar-refractivity contribution in [3.8, 4) is 17.2 Å². The van der Waals surface area contributed by atoms with Crippen molar-refractivity contribution in [3.05, 3.63) is 83.5 Å². The van der Waals surface area contributed by atoms with Gasteiger partial charge in [0.1, 0.15) is 17.2 Å². The van der Waals surface area contributed by atoms with Gasteiger partial charge in [0.2, 0.25) is 0 Å². The highest BCUT2D eigenvalue weighted by Gasteiger charge is 2.33. The third kappa shape index (κ3) is 8.22. The van der Waals surface area contributed by atoms with Gasteiger partial charge in [-0.05, 0) is 144 Å². The van der Waals surface area contributed by atoms with Gasteiger partial charge in [-0.2, -0.15) is 0 Å². The zero-order chi connectivity index (χ0) is 41.0. The number of nitrogens with zero attached hydrogens (tertiary/aromatic N) is 3. The number of phenolic OH excluding ortho intramolecular Hbond substituents is 3. The van der Waals surface area contributed by atoms with Crippen molar-refractivity contribution in [1.29, 1.82) is 0 Å². The van der Waals surface area contributed by atoms with Gasteiger partial charge >= 0.3 is 0 Å². The van der Waals surface area contributed by atoms with Crippen LogP contribution in [0.1, 0.15) is 167 Å². The van der Waals surface area contributed by atoms with Crippen LogP contribution in [0.4, 0.5) is 0 Å². The summed E-state index contributed by atoms with van der Waals surface area (Å²) in [6.07, 6.45) is 2.71. The number of phenols is 3. The Bertz CT molecular complexity index is 1660. The van der Waals surface area contributed by atoms with Crippen LogP contribution >= 0.6 is 0 Å². The summed E-state index contributed by atoms with van der Waals surface area (Å²) in [4.78, 5) is 7.57. The molecule has 3 aromatic carbocycles. The number of benzene rings is 3. The van der Waals surface area contributed by atoms with Crippen LogP contribution in [-0.2, 0) is 55.1 Å². The molecule has 0 spiro atoms. The maximum absolute atomic E-state index is 11.7. The molecule has 1 saturated heterocycles. The molecule has 3 aromatic rings. The predicted molar refractivity (Wildman–Crippen MR) is 228 cm³/mol. The van der Waals surface area contributed by atoms with Crippen molar-refractivity contribution >= 4 is 0 Å². The van der Waals surface area contributed by atoms with E-state index in [1.54, 1.807) is 0 Å². The number of aromatic hydroxyl groups is 3. The predicted octanol–water partition coefficient (Wildman–Crippen LogP) is 10.9. The third-order valence-electron chi connectivity index (χ3n) is 12.4. The number of rotatable bonds is 9. The van der Waals surface area contributed by atoms with Gasteiger partial charge in [0.15, 0.2) is 0 Å². The smallest absolute Gasteiger partial charge is 0.122 e. The Kier molecular flexibility index (Phi) is 12.8. The van der Waals surface area contributed by atoms with Crippen LogP contribution in [0.2, 0.25) is 0 Å². The average molecular weight is 742 g/mol. The van der Waals surface area contributed by atoms with E-state index in [0.717, 1.165) is 92.3 Å². The van der Waals surface area contributed by atoms with Gasteiger partial charge in [0.25, 0.3) is 0 Å². The Morgan fingerprint density at radius 2 is 0.574 bits per heavy atom. The van der Waals surface area contributed by atoms with Crippen LogP contribution in [0.5, 0.6) is 17.2 Å². The van der Waals surface area contributed by atoms with Gasteiger partial charge in [-0.15, -0.1) is 0 Å². The topological polar surface area (TPSA) is 70.4 Å². The molecule has 1 aliphatic heterocycles. The van der Waals surface area contributed by atoms with E-state index in [2.05, 4.69) is 139 Å². The highest BCUT2D eigenvalue weighted by Crippen LogP contribution is 2.44. The standard InChI is InChI=1S/C48H75N3O3/c1-19-34-28(4)40(46(10,11)12)43(52)31(7)37(34)22-49-25-50(23-38-32(8)44(53)41(47(13,14)15)29(5)35(38)20-2)27-51(26-49)24-39-33(9)45(54)42(48(16,17)18)30(6)36(39)21-3/h52-54H,19-27H2,1-18H3. The summed E-state index contributed by atoms with van der Waals surface area (Å²) < 4.78 is 0. The molecule has 1 heterocycles. The zero-order valence-electron chi connectivity index (χ0n) is 37.5. The monoisotopic (exact) mass is 742 g/mol. The van der Waals surface area contributed by atoms with Gasteiger partial charge in [0.05, 0.1) is 20.0 Å². The van der Waals surface area contributed by atoms with Crippen molar-refractivity contribution in [1.82, 2.24) is 14.7 Å². The maximum atomic E-state index is 11.7. The second kappa shape index (κ2) is 15.8. The SMILES string of the molecule is CCc1c(C)c(C(C)(C)C)c(O)c(C)c1CN1CN(Cc2c(C)c(O)c(C(C)(C)C)c(C)c2CC)CN(Cc2c(C)c(O)c(C(C)(C)C)c(C)c2CC)C1. The van der Waals surface area contributed by atoms with E-state index < -0.39 is 0 Å². The van der Waals surface area contributed by atoms with Crippen molar-refractivity contribution in [2.24, 2.45) is 0 Å². The summed E-state index contributed by atoms with van der Waals surface area (Å²) in [5, 5.41) is 35.1. The van der Waals surface area contributed by atoms with Crippen molar-refractivity contribution < 1.29 is 15.3 Å². The molecule has 0 radical (unpaired) electrons. The molecule has 0 aromatic heterocycles. The normalized spacial score (nSPS) is 15.4. The lowest BCUT2D eigenvalue weighted by Gasteiger charge is -2.44. The lowest BCUT2D eigenvalue weighted by Crippen LogP contribution is -2.54. The first-order chi connectivity index (χ1) is 24.8. The molecule has 300 valence electrons. The van der Waals surface area contributed by atoms with Crippen LogP contribution in [0.15, 0.2) is 0 Å². The summed E-state index contributed by atoms with van der Waals surface area (Å²) in [5.74, 6) is 1.29. The molecule has 6 heteroatoms. The molecule has 1 fully saturated rings. The van der Waals surface area contributed by atoms with Gasteiger partial charge in [0, 0.05) is 36.3 Å². The average Bonchev–Trinajstić information content (AvgIpc) is 3.03. The minimum Gasteiger partial charge on any atom is -0.507 e. The van der Waals surface area contributed by atoms with Crippen LogP contribution < -0.4 is 0 Å². The molecule has 4 rings (SSSR count). The Labute approximate surface area is 329 Å². The van der Waals surface area contributed by atoms with Crippen molar-refractivity contribution in [2.45, 2.75) is 180 Å². The Balaban J connectivity index is 1.87. The Hall–Kier alpha value is -3.06. The summed E-state index contributed by atoms with van der Waals surface area (Å²) in [5.41, 5.74) is 16.9. The first kappa shape index (κ1) is 43.7. The summed E-state index contributed by atoms with van der Waals surface area (Å²) in [7, 11) is 0. The maximum Gasteiger partial charge on any atom is 0.122 e. The minimum absolute atomic E-state index is 0.164. The van der Waals surface area contributed by atoms with E-state index in [1.807, 2.05) is 0 Å². The van der Waals surface area contributed by atoms with Crippen molar-refractivity contribution in [2.75, 3.05) is 20.0 Å². The fourth-order valence-electron chi connectivity index (χ4n) is 10.1. The largest absolute Gasteiger partial charge is 0.507 e. The van der Waals surface area contributed by atoms with Crippen LogP contribution in [0.25, 0.3) is 0 Å². The lowest BCUT2D eigenvalue weighted by atomic mass is 9.78. The van der Waals surface area contributed by atoms with Crippen LogP contribution in [0, 0.1) is 41.5 Å². The first-order valence-corrected chi connectivity index (χ1v) is 20.5. The fraction of sp³-hybridized carbons (Fsp3) is 0.625. The summed E-state index contributed by atoms with van der Waals surface area (Å²) >= 11 is 0. The Morgan fingerprint density at radius 3 is 0.741 bits per heavy atom. The van der Waals surface area contributed by atoms with E-state index in [-0.39, 0.29) is 16.2 Å². The molecular formula is C48H75N3O3. The molecule has 3 N–H and O–H groups in total. The zero-order valence-corrected chi connectivity index (χ0v) is 37.5. The molecule has 0 aliphatic carbocycles. The van der Waals surface area contributed by atoms with E-state index in [4.69, 9.17) is 0 Å². The van der Waals surface area contributed by atoms with E-state index in [9.17, 15) is 15.3 Å². The molecule has 0 atom stereocenters. The van der Waals surface area contributed by atoms with Gasteiger partial charge in [-0.25, -0.2) is 0 Å². The number of hydrogen-bond acceptors (Lipinski definition) is 6. The molecule has 0 bridgehead atoms. The van der Waals surface area contributed by atoms with E-state index in [0.29, 0.717) is 17.2 Å². The third-order valence-corrected chi connectivity index (χ3v) is 12.4. The lowest BCUT2D eigenvalue weighted by molar-refractivity contribution is -0.0428. The molecule has 6 nitrogen and oxygen atoms in total. The molecule has 1 aliphatic rings. The summed E-state index contributed by atoms with van der Waals surface area (Å²) in [6, 6.07) is 0. The molecule has 0 saturated carbocycles. The van der Waals surface area contributed by atoms with Crippen LogP contribution in [0.3, 0.4) is 0 Å². The Morgan fingerprint density at radius 1 is 0.370 bits per heavy atom. The van der Waals surface area contributed by atoms with E-state index in [1.165, 1.54) is 50.1 Å². The van der Waals surface area contributed by atoms with Crippen LogP contribution in [-0.4, -0.2) is 50.0 Å².